The van der Waals surface area contributed by atoms with Crippen LogP contribution >= 0.6 is 0 Å². The van der Waals surface area contributed by atoms with E-state index in [0.717, 1.165) is 17.0 Å². The lowest BCUT2D eigenvalue weighted by Gasteiger charge is -2.13. The van der Waals surface area contributed by atoms with Gasteiger partial charge < -0.3 is 5.32 Å². The minimum Gasteiger partial charge on any atom is -0.322 e. The number of anilines is 2. The maximum Gasteiger partial charge on any atom is 0.271 e. The average Bonchev–Trinajstić information content (AvgIpc) is 3.03. The van der Waals surface area contributed by atoms with Crippen molar-refractivity contribution in [2.24, 2.45) is 0 Å². The van der Waals surface area contributed by atoms with Gasteiger partial charge in [-0.25, -0.2) is 4.90 Å². The number of carbonyl (C=O) groups excluding carboxylic acids is 3. The van der Waals surface area contributed by atoms with Crippen molar-refractivity contribution >= 4 is 40.5 Å². The van der Waals surface area contributed by atoms with Gasteiger partial charge in [0.2, 0.25) is 0 Å². The summed E-state index contributed by atoms with van der Waals surface area (Å²) in [5.41, 5.74) is -0.146. The van der Waals surface area contributed by atoms with Gasteiger partial charge in [0.05, 0.1) is 26.7 Å². The van der Waals surface area contributed by atoms with Gasteiger partial charge in [0.15, 0.2) is 0 Å². The van der Waals surface area contributed by atoms with Crippen molar-refractivity contribution in [2.45, 2.75) is 0 Å². The Hall–Kier alpha value is -4.93. The van der Waals surface area contributed by atoms with Gasteiger partial charge in [0, 0.05) is 35.5 Å². The molecule has 0 bridgehead atoms. The zero-order chi connectivity index (χ0) is 23.0. The lowest BCUT2D eigenvalue weighted by atomic mass is 10.1. The Kier molecular flexibility index (Phi) is 4.91. The molecule has 0 saturated carbocycles. The van der Waals surface area contributed by atoms with Crippen molar-refractivity contribution in [3.05, 3.63) is 104 Å². The molecule has 0 aromatic heterocycles. The zero-order valence-corrected chi connectivity index (χ0v) is 16.1. The van der Waals surface area contributed by atoms with Gasteiger partial charge in [0.25, 0.3) is 29.1 Å². The molecule has 3 aromatic carbocycles. The van der Waals surface area contributed by atoms with E-state index in [-0.39, 0.29) is 39.4 Å². The Labute approximate surface area is 179 Å². The van der Waals surface area contributed by atoms with Crippen LogP contribution in [0.1, 0.15) is 31.1 Å². The van der Waals surface area contributed by atoms with Crippen LogP contribution in [0.3, 0.4) is 0 Å². The van der Waals surface area contributed by atoms with E-state index in [4.69, 9.17) is 0 Å². The topological polar surface area (TPSA) is 153 Å². The maximum atomic E-state index is 12.9. The summed E-state index contributed by atoms with van der Waals surface area (Å²) in [4.78, 5) is 59.5. The van der Waals surface area contributed by atoms with Gasteiger partial charge in [-0.1, -0.05) is 12.1 Å². The molecule has 158 valence electrons. The van der Waals surface area contributed by atoms with Gasteiger partial charge in [-0.3, -0.25) is 34.6 Å². The number of nitro benzene ring substituents is 2. The highest BCUT2D eigenvalue weighted by molar-refractivity contribution is 6.34. The zero-order valence-electron chi connectivity index (χ0n) is 16.1. The van der Waals surface area contributed by atoms with Crippen molar-refractivity contribution in [2.75, 3.05) is 10.2 Å². The van der Waals surface area contributed by atoms with Gasteiger partial charge in [0.1, 0.15) is 0 Å². The van der Waals surface area contributed by atoms with Crippen LogP contribution < -0.4 is 10.2 Å². The molecule has 3 amide bonds. The van der Waals surface area contributed by atoms with Crippen molar-refractivity contribution in [3.8, 4) is 0 Å². The number of amides is 3. The largest absolute Gasteiger partial charge is 0.322 e. The molecule has 11 heteroatoms. The van der Waals surface area contributed by atoms with Crippen LogP contribution in [0.4, 0.5) is 22.7 Å². The average molecular weight is 432 g/mol. The SMILES string of the molecule is O=C(Nc1ccc2c(c1)C(=O)N(c1cccc([N+](=O)[O-])c1)C2=O)c1cccc([N+](=O)[O-])c1. The van der Waals surface area contributed by atoms with Crippen molar-refractivity contribution in [1.29, 1.82) is 0 Å². The summed E-state index contributed by atoms with van der Waals surface area (Å²) in [6, 6.07) is 14.3. The fraction of sp³-hybridized carbons (Fsp3) is 0. The summed E-state index contributed by atoms with van der Waals surface area (Å²) >= 11 is 0. The molecule has 0 spiro atoms. The smallest absolute Gasteiger partial charge is 0.271 e. The van der Waals surface area contributed by atoms with E-state index in [1.54, 1.807) is 0 Å². The van der Waals surface area contributed by atoms with Gasteiger partial charge in [-0.2, -0.15) is 0 Å². The summed E-state index contributed by atoms with van der Waals surface area (Å²) < 4.78 is 0. The first kappa shape index (κ1) is 20.3. The Morgan fingerprint density at radius 3 is 2.09 bits per heavy atom. The van der Waals surface area contributed by atoms with Crippen molar-refractivity contribution in [1.82, 2.24) is 0 Å². The van der Waals surface area contributed by atoms with E-state index in [9.17, 15) is 34.6 Å². The van der Waals surface area contributed by atoms with Gasteiger partial charge in [-0.05, 0) is 30.3 Å². The third-order valence-electron chi connectivity index (χ3n) is 4.76. The minimum atomic E-state index is -0.697. The van der Waals surface area contributed by atoms with Crippen LogP contribution in [0.15, 0.2) is 66.7 Å². The van der Waals surface area contributed by atoms with E-state index in [2.05, 4.69) is 5.32 Å². The Bertz CT molecular complexity index is 1340. The number of hydrogen-bond donors (Lipinski definition) is 1. The molecular formula is C21H12N4O7. The molecule has 0 saturated heterocycles. The molecule has 0 fully saturated rings. The maximum absolute atomic E-state index is 12.9. The van der Waals surface area contributed by atoms with E-state index < -0.39 is 27.6 Å². The molecule has 11 nitrogen and oxygen atoms in total. The predicted octanol–water partition coefficient (Wildman–Crippen LogP) is 3.56. The number of imide groups is 1. The second-order valence-corrected chi connectivity index (χ2v) is 6.74. The highest BCUT2D eigenvalue weighted by Crippen LogP contribution is 2.32. The predicted molar refractivity (Wildman–Crippen MR) is 112 cm³/mol. The van der Waals surface area contributed by atoms with Crippen LogP contribution in [0.5, 0.6) is 0 Å². The van der Waals surface area contributed by atoms with Crippen LogP contribution in [-0.2, 0) is 0 Å². The third kappa shape index (κ3) is 3.54. The highest BCUT2D eigenvalue weighted by atomic mass is 16.6. The number of rotatable bonds is 5. The molecule has 1 heterocycles. The fourth-order valence-corrected chi connectivity index (χ4v) is 3.26. The van der Waals surface area contributed by atoms with Crippen molar-refractivity contribution in [3.63, 3.8) is 0 Å². The van der Waals surface area contributed by atoms with E-state index in [0.29, 0.717) is 0 Å². The summed E-state index contributed by atoms with van der Waals surface area (Å²) in [6.07, 6.45) is 0. The molecule has 1 aliphatic heterocycles. The number of benzene rings is 3. The standard InChI is InChI=1S/C21H12N4O7/c26-19(12-3-1-5-15(9-12)24(29)30)22-13-7-8-17-18(10-13)21(28)23(20(17)27)14-4-2-6-16(11-14)25(31)32/h1-11H,(H,22,26). The number of nitrogens with zero attached hydrogens (tertiary/aromatic N) is 3. The van der Waals surface area contributed by atoms with Gasteiger partial charge in [-0.15, -0.1) is 0 Å². The number of hydrogen-bond acceptors (Lipinski definition) is 7. The Morgan fingerprint density at radius 2 is 1.41 bits per heavy atom. The molecule has 0 radical (unpaired) electrons. The van der Waals surface area contributed by atoms with Crippen LogP contribution in [0.25, 0.3) is 0 Å². The summed E-state index contributed by atoms with van der Waals surface area (Å²) in [7, 11) is 0. The second-order valence-electron chi connectivity index (χ2n) is 6.74. The Morgan fingerprint density at radius 1 is 0.781 bits per heavy atom. The lowest BCUT2D eigenvalue weighted by Crippen LogP contribution is -2.29. The minimum absolute atomic E-state index is 0.0124. The van der Waals surface area contributed by atoms with Crippen LogP contribution in [0.2, 0.25) is 0 Å². The van der Waals surface area contributed by atoms with E-state index in [1.807, 2.05) is 0 Å². The lowest BCUT2D eigenvalue weighted by molar-refractivity contribution is -0.385. The first-order valence-electron chi connectivity index (χ1n) is 9.09. The molecule has 4 rings (SSSR count). The van der Waals surface area contributed by atoms with Crippen LogP contribution in [-0.4, -0.2) is 27.6 Å². The molecule has 0 aliphatic carbocycles. The molecule has 32 heavy (non-hydrogen) atoms. The second kappa shape index (κ2) is 7.72. The summed E-state index contributed by atoms with van der Waals surface area (Å²) in [5.74, 6) is -1.99. The highest BCUT2D eigenvalue weighted by Gasteiger charge is 2.37. The first-order chi connectivity index (χ1) is 15.3. The number of nitrogens with one attached hydrogen (secondary N) is 1. The molecule has 3 aromatic rings. The molecule has 0 unspecified atom stereocenters. The number of fused-ring (bicyclic) bond motifs is 1. The van der Waals surface area contributed by atoms with Crippen molar-refractivity contribution < 1.29 is 24.2 Å². The van der Waals surface area contributed by atoms with Gasteiger partial charge >= 0.3 is 0 Å². The normalized spacial score (nSPS) is 12.4. The fourth-order valence-electron chi connectivity index (χ4n) is 3.26. The monoisotopic (exact) mass is 432 g/mol. The third-order valence-corrected chi connectivity index (χ3v) is 4.76. The number of non-ortho nitro benzene ring substituents is 2. The van der Waals surface area contributed by atoms with E-state index in [1.165, 1.54) is 54.6 Å². The molecule has 0 atom stereocenters. The summed E-state index contributed by atoms with van der Waals surface area (Å²) in [5, 5.41) is 24.4. The molecule has 1 aliphatic rings. The molecule has 1 N–H and O–H groups in total. The quantitative estimate of drug-likeness (QED) is 0.367. The van der Waals surface area contributed by atoms with E-state index >= 15 is 0 Å². The molecular weight excluding hydrogens is 420 g/mol. The first-order valence-corrected chi connectivity index (χ1v) is 9.09. The number of carbonyl (C=O) groups is 3. The summed E-state index contributed by atoms with van der Waals surface area (Å²) in [6.45, 7) is 0. The van der Waals surface area contributed by atoms with Crippen LogP contribution in [0, 0.1) is 20.2 Å². The number of nitro groups is 2. The Balaban J connectivity index is 1.61.